The SMILES string of the molecule is COC(=O)c1cc(C)c2sc(N)nc2c1. The van der Waals surface area contributed by atoms with Gasteiger partial charge in [-0.1, -0.05) is 11.3 Å². The molecule has 0 unspecified atom stereocenters. The number of hydrogen-bond donors (Lipinski definition) is 1. The van der Waals surface area contributed by atoms with E-state index in [1.807, 2.05) is 6.92 Å². The summed E-state index contributed by atoms with van der Waals surface area (Å²) < 4.78 is 5.67. The number of ether oxygens (including phenoxy) is 1. The summed E-state index contributed by atoms with van der Waals surface area (Å²) >= 11 is 1.42. The fourth-order valence-electron chi connectivity index (χ4n) is 1.45. The minimum absolute atomic E-state index is 0.355. The van der Waals surface area contributed by atoms with Crippen LogP contribution in [0.4, 0.5) is 5.13 Å². The van der Waals surface area contributed by atoms with Gasteiger partial charge in [0.25, 0.3) is 0 Å². The molecule has 0 atom stereocenters. The Labute approximate surface area is 90.7 Å². The molecule has 0 bridgehead atoms. The van der Waals surface area contributed by atoms with Crippen LogP contribution in [0, 0.1) is 6.92 Å². The summed E-state index contributed by atoms with van der Waals surface area (Å²) in [5.74, 6) is -0.355. The van der Waals surface area contributed by atoms with Crippen molar-refractivity contribution in [2.24, 2.45) is 0 Å². The number of hydrogen-bond acceptors (Lipinski definition) is 5. The summed E-state index contributed by atoms with van der Waals surface area (Å²) in [5, 5.41) is 0.509. The highest BCUT2D eigenvalue weighted by Crippen LogP contribution is 2.28. The molecule has 5 heteroatoms. The third kappa shape index (κ3) is 1.66. The monoisotopic (exact) mass is 222 g/mol. The van der Waals surface area contributed by atoms with Gasteiger partial charge in [-0.05, 0) is 24.6 Å². The zero-order valence-electron chi connectivity index (χ0n) is 8.40. The van der Waals surface area contributed by atoms with Gasteiger partial charge in [-0.15, -0.1) is 0 Å². The van der Waals surface area contributed by atoms with Gasteiger partial charge in [0.05, 0.1) is 22.9 Å². The molecule has 4 nitrogen and oxygen atoms in total. The van der Waals surface area contributed by atoms with E-state index in [-0.39, 0.29) is 5.97 Å². The third-order valence-corrected chi connectivity index (χ3v) is 3.15. The van der Waals surface area contributed by atoms with Crippen LogP contribution in [0.3, 0.4) is 0 Å². The maximum atomic E-state index is 11.3. The molecule has 1 heterocycles. The summed E-state index contributed by atoms with van der Waals surface area (Å²) in [6, 6.07) is 3.48. The lowest BCUT2D eigenvalue weighted by Crippen LogP contribution is -2.01. The largest absolute Gasteiger partial charge is 0.465 e. The topological polar surface area (TPSA) is 65.2 Å². The fourth-order valence-corrected chi connectivity index (χ4v) is 2.24. The van der Waals surface area contributed by atoms with Crippen LogP contribution in [-0.4, -0.2) is 18.1 Å². The maximum Gasteiger partial charge on any atom is 0.337 e. The highest BCUT2D eigenvalue weighted by molar-refractivity contribution is 7.22. The number of fused-ring (bicyclic) bond motifs is 1. The number of nitrogens with zero attached hydrogens (tertiary/aromatic N) is 1. The van der Waals surface area contributed by atoms with E-state index in [9.17, 15) is 4.79 Å². The van der Waals surface area contributed by atoms with Crippen LogP contribution in [0.2, 0.25) is 0 Å². The highest BCUT2D eigenvalue weighted by atomic mass is 32.1. The Morgan fingerprint density at radius 3 is 2.93 bits per heavy atom. The normalized spacial score (nSPS) is 10.5. The van der Waals surface area contributed by atoms with Crippen molar-refractivity contribution in [3.8, 4) is 0 Å². The van der Waals surface area contributed by atoms with Crippen LogP contribution < -0.4 is 5.73 Å². The Bertz CT molecular complexity index is 533. The van der Waals surface area contributed by atoms with Gasteiger partial charge in [-0.25, -0.2) is 9.78 Å². The molecule has 0 aliphatic heterocycles. The summed E-state index contributed by atoms with van der Waals surface area (Å²) in [7, 11) is 1.36. The Balaban J connectivity index is 2.66. The molecule has 78 valence electrons. The molecule has 0 radical (unpaired) electrons. The van der Waals surface area contributed by atoms with Gasteiger partial charge in [-0.3, -0.25) is 0 Å². The van der Waals surface area contributed by atoms with E-state index >= 15 is 0 Å². The molecule has 2 rings (SSSR count). The number of methoxy groups -OCH3 is 1. The summed E-state index contributed by atoms with van der Waals surface area (Å²) in [4.78, 5) is 15.5. The molecule has 0 fully saturated rings. The quantitative estimate of drug-likeness (QED) is 0.749. The lowest BCUT2D eigenvalue weighted by molar-refractivity contribution is 0.0601. The van der Waals surface area contributed by atoms with Crippen molar-refractivity contribution in [2.45, 2.75) is 6.92 Å². The van der Waals surface area contributed by atoms with Crippen molar-refractivity contribution >= 4 is 32.7 Å². The van der Waals surface area contributed by atoms with Crippen molar-refractivity contribution < 1.29 is 9.53 Å². The lowest BCUT2D eigenvalue weighted by Gasteiger charge is -2.00. The number of benzene rings is 1. The lowest BCUT2D eigenvalue weighted by atomic mass is 10.1. The molecule has 0 amide bonds. The first-order chi connectivity index (χ1) is 7.11. The van der Waals surface area contributed by atoms with Crippen molar-refractivity contribution in [3.05, 3.63) is 23.3 Å². The zero-order chi connectivity index (χ0) is 11.0. The maximum absolute atomic E-state index is 11.3. The summed E-state index contributed by atoms with van der Waals surface area (Å²) in [6.45, 7) is 1.92. The van der Waals surface area contributed by atoms with Crippen molar-refractivity contribution in [2.75, 3.05) is 12.8 Å². The second kappa shape index (κ2) is 3.51. The summed E-state index contributed by atoms with van der Waals surface area (Å²) in [5.41, 5.74) is 7.85. The third-order valence-electron chi connectivity index (χ3n) is 2.11. The van der Waals surface area contributed by atoms with E-state index in [2.05, 4.69) is 9.72 Å². The van der Waals surface area contributed by atoms with Gasteiger partial charge >= 0.3 is 5.97 Å². The predicted molar refractivity (Wildman–Crippen MR) is 60.1 cm³/mol. The number of anilines is 1. The number of nitrogens with two attached hydrogens (primary N) is 1. The fraction of sp³-hybridized carbons (Fsp3) is 0.200. The van der Waals surface area contributed by atoms with E-state index in [1.165, 1.54) is 18.4 Å². The van der Waals surface area contributed by atoms with Crippen molar-refractivity contribution in [3.63, 3.8) is 0 Å². The van der Waals surface area contributed by atoms with Gasteiger partial charge in [-0.2, -0.15) is 0 Å². The number of rotatable bonds is 1. The Kier molecular flexibility index (Phi) is 2.32. The van der Waals surface area contributed by atoms with Gasteiger partial charge in [0, 0.05) is 0 Å². The van der Waals surface area contributed by atoms with Crippen LogP contribution in [0.25, 0.3) is 10.2 Å². The standard InChI is InChI=1S/C10H10N2O2S/c1-5-3-6(9(13)14-2)4-7-8(5)15-10(11)12-7/h3-4H,1-2H3,(H2,11,12). The molecule has 2 aromatic rings. The second-order valence-corrected chi connectivity index (χ2v) is 4.22. The highest BCUT2D eigenvalue weighted by Gasteiger charge is 2.11. The molecule has 15 heavy (non-hydrogen) atoms. The molecule has 0 aliphatic carbocycles. The Morgan fingerprint density at radius 1 is 1.53 bits per heavy atom. The molecule has 0 spiro atoms. The van der Waals surface area contributed by atoms with Crippen LogP contribution >= 0.6 is 11.3 Å². The van der Waals surface area contributed by atoms with E-state index in [0.717, 1.165) is 15.8 Å². The number of aromatic nitrogens is 1. The molecular formula is C10H10N2O2S. The first-order valence-corrected chi connectivity index (χ1v) is 5.18. The van der Waals surface area contributed by atoms with Crippen molar-refractivity contribution in [1.82, 2.24) is 4.98 Å². The zero-order valence-corrected chi connectivity index (χ0v) is 9.22. The van der Waals surface area contributed by atoms with Gasteiger partial charge in [0.1, 0.15) is 0 Å². The van der Waals surface area contributed by atoms with Crippen LogP contribution in [0.5, 0.6) is 0 Å². The molecule has 1 aromatic carbocycles. The molecule has 0 aliphatic rings. The molecule has 0 saturated heterocycles. The van der Waals surface area contributed by atoms with E-state index < -0.39 is 0 Å². The average molecular weight is 222 g/mol. The van der Waals surface area contributed by atoms with Crippen molar-refractivity contribution in [1.29, 1.82) is 0 Å². The van der Waals surface area contributed by atoms with Crippen LogP contribution in [0.1, 0.15) is 15.9 Å². The molecular weight excluding hydrogens is 212 g/mol. The Morgan fingerprint density at radius 2 is 2.27 bits per heavy atom. The average Bonchev–Trinajstić information content (AvgIpc) is 2.58. The first-order valence-electron chi connectivity index (χ1n) is 4.37. The van der Waals surface area contributed by atoms with Crippen LogP contribution in [-0.2, 0) is 4.74 Å². The predicted octanol–water partition coefficient (Wildman–Crippen LogP) is 1.97. The Hall–Kier alpha value is -1.62. The van der Waals surface area contributed by atoms with E-state index in [4.69, 9.17) is 5.73 Å². The molecule has 0 saturated carbocycles. The molecule has 2 N–H and O–H groups in total. The summed E-state index contributed by atoms with van der Waals surface area (Å²) in [6.07, 6.45) is 0. The second-order valence-electron chi connectivity index (χ2n) is 3.19. The smallest absolute Gasteiger partial charge is 0.337 e. The minimum Gasteiger partial charge on any atom is -0.465 e. The number of carbonyl (C=O) groups excluding carboxylic acids is 1. The number of aryl methyl sites for hydroxylation is 1. The van der Waals surface area contributed by atoms with Gasteiger partial charge in [0.2, 0.25) is 0 Å². The van der Waals surface area contributed by atoms with Gasteiger partial charge < -0.3 is 10.5 Å². The van der Waals surface area contributed by atoms with Crippen LogP contribution in [0.15, 0.2) is 12.1 Å². The first kappa shape index (κ1) is 9.92. The number of nitrogen functional groups attached to an aromatic ring is 1. The van der Waals surface area contributed by atoms with Gasteiger partial charge in [0.15, 0.2) is 5.13 Å². The minimum atomic E-state index is -0.355. The van der Waals surface area contributed by atoms with E-state index in [0.29, 0.717) is 10.7 Å². The number of esters is 1. The molecule has 1 aromatic heterocycles. The van der Waals surface area contributed by atoms with E-state index in [1.54, 1.807) is 12.1 Å². The number of thiazole rings is 1. The number of carbonyl (C=O) groups is 1.